The molecule has 2 rings (SSSR count). The third-order valence-electron chi connectivity index (χ3n) is 2.96. The van der Waals surface area contributed by atoms with Crippen molar-refractivity contribution in [1.82, 2.24) is 5.32 Å². The Kier molecular flexibility index (Phi) is 4.61. The second-order valence-electron chi connectivity index (χ2n) is 5.46. The molecule has 0 aromatic heterocycles. The summed E-state index contributed by atoms with van der Waals surface area (Å²) in [6.45, 7) is 5.83. The maximum Gasteiger partial charge on any atom is 0.120 e. The van der Waals surface area contributed by atoms with Crippen molar-refractivity contribution in [3.8, 4) is 5.75 Å². The zero-order chi connectivity index (χ0) is 13.0. The van der Waals surface area contributed by atoms with Crippen LogP contribution in [0.15, 0.2) is 24.3 Å². The molecule has 0 aliphatic heterocycles. The van der Waals surface area contributed by atoms with Gasteiger partial charge in [-0.2, -0.15) is 0 Å². The summed E-state index contributed by atoms with van der Waals surface area (Å²) >= 11 is 0. The molecule has 1 aliphatic carbocycles. The predicted octanol–water partition coefficient (Wildman–Crippen LogP) is 2.51. The fourth-order valence-corrected chi connectivity index (χ4v) is 1.80. The highest BCUT2D eigenvalue weighted by Crippen LogP contribution is 2.28. The van der Waals surface area contributed by atoms with Gasteiger partial charge >= 0.3 is 0 Å². The van der Waals surface area contributed by atoms with Crippen molar-refractivity contribution in [2.75, 3.05) is 13.1 Å². The standard InChI is InChI=1S/C15H23NO2/c1-11(2)9-16-10-15(17)12-4-3-5-14(8-12)18-13-6-7-13/h3-5,8,11,13,15-17H,6-7,9-10H2,1-2H3. The van der Waals surface area contributed by atoms with E-state index in [0.717, 1.165) is 30.7 Å². The molecule has 0 heterocycles. The van der Waals surface area contributed by atoms with Gasteiger partial charge in [-0.1, -0.05) is 26.0 Å². The monoisotopic (exact) mass is 249 g/mol. The van der Waals surface area contributed by atoms with Crippen molar-refractivity contribution in [3.05, 3.63) is 29.8 Å². The zero-order valence-electron chi connectivity index (χ0n) is 11.2. The minimum atomic E-state index is -0.466. The summed E-state index contributed by atoms with van der Waals surface area (Å²) in [5.41, 5.74) is 0.921. The van der Waals surface area contributed by atoms with Crippen LogP contribution in [-0.2, 0) is 0 Å². The molecule has 2 N–H and O–H groups in total. The van der Waals surface area contributed by atoms with Gasteiger partial charge in [-0.3, -0.25) is 0 Å². The van der Waals surface area contributed by atoms with E-state index in [-0.39, 0.29) is 0 Å². The van der Waals surface area contributed by atoms with E-state index >= 15 is 0 Å². The van der Waals surface area contributed by atoms with Gasteiger partial charge in [-0.05, 0) is 43.0 Å². The Hall–Kier alpha value is -1.06. The van der Waals surface area contributed by atoms with Crippen molar-refractivity contribution >= 4 is 0 Å². The molecule has 1 fully saturated rings. The molecule has 1 unspecified atom stereocenters. The second kappa shape index (κ2) is 6.21. The van der Waals surface area contributed by atoms with Crippen LogP contribution in [-0.4, -0.2) is 24.3 Å². The van der Waals surface area contributed by atoms with Crippen molar-refractivity contribution in [3.63, 3.8) is 0 Å². The molecule has 0 saturated heterocycles. The quantitative estimate of drug-likeness (QED) is 0.780. The average Bonchev–Trinajstić information content (AvgIpc) is 3.13. The molecule has 0 radical (unpaired) electrons. The molecule has 0 amide bonds. The molecular formula is C15H23NO2. The topological polar surface area (TPSA) is 41.5 Å². The summed E-state index contributed by atoms with van der Waals surface area (Å²) in [7, 11) is 0. The third-order valence-corrected chi connectivity index (χ3v) is 2.96. The number of aliphatic hydroxyl groups is 1. The molecule has 1 atom stereocenters. The van der Waals surface area contributed by atoms with Gasteiger partial charge in [0.2, 0.25) is 0 Å². The molecule has 1 saturated carbocycles. The van der Waals surface area contributed by atoms with Crippen LogP contribution in [0.2, 0.25) is 0 Å². The van der Waals surface area contributed by atoms with Crippen molar-refractivity contribution < 1.29 is 9.84 Å². The highest BCUT2D eigenvalue weighted by Gasteiger charge is 2.23. The lowest BCUT2D eigenvalue weighted by Gasteiger charge is -2.14. The first-order chi connectivity index (χ1) is 8.65. The Bertz CT molecular complexity index is 375. The van der Waals surface area contributed by atoms with Crippen LogP contribution in [0.1, 0.15) is 38.4 Å². The van der Waals surface area contributed by atoms with E-state index in [1.807, 2.05) is 24.3 Å². The SMILES string of the molecule is CC(C)CNCC(O)c1cccc(OC2CC2)c1. The molecule has 1 aromatic rings. The Labute approximate surface area is 109 Å². The van der Waals surface area contributed by atoms with E-state index in [4.69, 9.17) is 4.74 Å². The van der Waals surface area contributed by atoms with Crippen molar-refractivity contribution in [2.24, 2.45) is 5.92 Å². The third kappa shape index (κ3) is 4.31. The molecule has 0 bridgehead atoms. The maximum absolute atomic E-state index is 10.1. The van der Waals surface area contributed by atoms with Gasteiger partial charge in [0.15, 0.2) is 0 Å². The predicted molar refractivity (Wildman–Crippen MR) is 72.8 cm³/mol. The lowest BCUT2D eigenvalue weighted by molar-refractivity contribution is 0.173. The first kappa shape index (κ1) is 13.4. The van der Waals surface area contributed by atoms with E-state index in [1.165, 1.54) is 0 Å². The van der Waals surface area contributed by atoms with Crippen LogP contribution >= 0.6 is 0 Å². The van der Waals surface area contributed by atoms with E-state index in [0.29, 0.717) is 18.6 Å². The van der Waals surface area contributed by atoms with E-state index < -0.39 is 6.10 Å². The molecule has 100 valence electrons. The van der Waals surface area contributed by atoms with E-state index in [1.54, 1.807) is 0 Å². The Morgan fingerprint density at radius 1 is 1.33 bits per heavy atom. The summed E-state index contributed by atoms with van der Waals surface area (Å²) in [5.74, 6) is 1.47. The lowest BCUT2D eigenvalue weighted by Crippen LogP contribution is -2.25. The summed E-state index contributed by atoms with van der Waals surface area (Å²) < 4.78 is 5.73. The van der Waals surface area contributed by atoms with Crippen LogP contribution in [0.5, 0.6) is 5.75 Å². The number of ether oxygens (including phenoxy) is 1. The average molecular weight is 249 g/mol. The van der Waals surface area contributed by atoms with E-state index in [9.17, 15) is 5.11 Å². The first-order valence-corrected chi connectivity index (χ1v) is 6.80. The largest absolute Gasteiger partial charge is 0.490 e. The minimum Gasteiger partial charge on any atom is -0.490 e. The van der Waals surface area contributed by atoms with E-state index in [2.05, 4.69) is 19.2 Å². The molecule has 1 aromatic carbocycles. The minimum absolute atomic E-state index is 0.399. The molecule has 3 nitrogen and oxygen atoms in total. The van der Waals surface area contributed by atoms with Gasteiger partial charge < -0.3 is 15.2 Å². The van der Waals surface area contributed by atoms with Crippen LogP contribution in [0.4, 0.5) is 0 Å². The number of nitrogens with one attached hydrogen (secondary N) is 1. The summed E-state index contributed by atoms with van der Waals surface area (Å²) in [6.07, 6.45) is 2.24. The van der Waals surface area contributed by atoms with Crippen LogP contribution < -0.4 is 10.1 Å². The number of benzene rings is 1. The highest BCUT2D eigenvalue weighted by atomic mass is 16.5. The van der Waals surface area contributed by atoms with Gasteiger partial charge in [0, 0.05) is 6.54 Å². The number of hydrogen-bond acceptors (Lipinski definition) is 3. The number of aliphatic hydroxyl groups excluding tert-OH is 1. The van der Waals surface area contributed by atoms with Gasteiger partial charge in [0.1, 0.15) is 5.75 Å². The number of hydrogen-bond donors (Lipinski definition) is 2. The Morgan fingerprint density at radius 3 is 2.78 bits per heavy atom. The fraction of sp³-hybridized carbons (Fsp3) is 0.600. The molecule has 18 heavy (non-hydrogen) atoms. The fourth-order valence-electron chi connectivity index (χ4n) is 1.80. The van der Waals surface area contributed by atoms with Crippen LogP contribution in [0.3, 0.4) is 0 Å². The van der Waals surface area contributed by atoms with Gasteiger partial charge in [-0.15, -0.1) is 0 Å². The molecule has 3 heteroatoms. The van der Waals surface area contributed by atoms with Crippen molar-refractivity contribution in [2.45, 2.75) is 38.9 Å². The Morgan fingerprint density at radius 2 is 2.11 bits per heavy atom. The first-order valence-electron chi connectivity index (χ1n) is 6.80. The zero-order valence-corrected chi connectivity index (χ0v) is 11.2. The molecule has 0 spiro atoms. The maximum atomic E-state index is 10.1. The van der Waals surface area contributed by atoms with Gasteiger partial charge in [0.25, 0.3) is 0 Å². The summed E-state index contributed by atoms with van der Waals surface area (Å²) in [6, 6.07) is 7.79. The smallest absolute Gasteiger partial charge is 0.120 e. The molecular weight excluding hydrogens is 226 g/mol. The van der Waals surface area contributed by atoms with Crippen LogP contribution in [0, 0.1) is 5.92 Å². The highest BCUT2D eigenvalue weighted by molar-refractivity contribution is 5.30. The van der Waals surface area contributed by atoms with Crippen molar-refractivity contribution in [1.29, 1.82) is 0 Å². The normalized spacial score (nSPS) is 16.9. The van der Waals surface area contributed by atoms with Gasteiger partial charge in [-0.25, -0.2) is 0 Å². The van der Waals surface area contributed by atoms with Crippen LogP contribution in [0.25, 0.3) is 0 Å². The van der Waals surface area contributed by atoms with Gasteiger partial charge in [0.05, 0.1) is 12.2 Å². The summed E-state index contributed by atoms with van der Waals surface area (Å²) in [4.78, 5) is 0. The second-order valence-corrected chi connectivity index (χ2v) is 5.46. The number of rotatable bonds is 7. The molecule has 1 aliphatic rings. The summed E-state index contributed by atoms with van der Waals surface area (Å²) in [5, 5.41) is 13.4. The Balaban J connectivity index is 1.85. The lowest BCUT2D eigenvalue weighted by atomic mass is 10.1.